The summed E-state index contributed by atoms with van der Waals surface area (Å²) in [6.07, 6.45) is 6.16. The van der Waals surface area contributed by atoms with Gasteiger partial charge in [0.1, 0.15) is 17.7 Å². The quantitative estimate of drug-likeness (QED) is 0.268. The van der Waals surface area contributed by atoms with Crippen molar-refractivity contribution in [3.63, 3.8) is 0 Å². The van der Waals surface area contributed by atoms with Crippen LogP contribution in [0.5, 0.6) is 0 Å². The van der Waals surface area contributed by atoms with E-state index in [0.717, 1.165) is 0 Å². The molecule has 3 atom stereocenters. The molecule has 0 heterocycles. The third-order valence-corrected chi connectivity index (χ3v) is 6.76. The van der Waals surface area contributed by atoms with E-state index in [0.29, 0.717) is 24.0 Å². The van der Waals surface area contributed by atoms with E-state index in [9.17, 15) is 19.2 Å². The molecule has 0 saturated carbocycles. The average Bonchev–Trinajstić information content (AvgIpc) is 2.88. The van der Waals surface area contributed by atoms with Gasteiger partial charge in [-0.25, -0.2) is 4.79 Å². The molecular weight excluding hydrogens is 510 g/mol. The second kappa shape index (κ2) is 15.3. The number of amides is 3. The Kier molecular flexibility index (Phi) is 13.2. The second-order valence-corrected chi connectivity index (χ2v) is 11.4. The Morgan fingerprint density at radius 3 is 2.20 bits per heavy atom. The van der Waals surface area contributed by atoms with Crippen LogP contribution in [-0.2, 0) is 23.9 Å². The van der Waals surface area contributed by atoms with Crippen LogP contribution in [-0.4, -0.2) is 59.1 Å². The highest BCUT2D eigenvalue weighted by Crippen LogP contribution is 2.34. The van der Waals surface area contributed by atoms with Crippen molar-refractivity contribution in [2.45, 2.75) is 105 Å². The number of nitrogens with zero attached hydrogens (tertiary/aromatic N) is 1. The smallest absolute Gasteiger partial charge is 0.408 e. The summed E-state index contributed by atoms with van der Waals surface area (Å²) in [5.74, 6) is 0.972. The maximum Gasteiger partial charge on any atom is 0.408 e. The predicted octanol–water partition coefficient (Wildman–Crippen LogP) is 4.74. The number of carbonyl (C=O) groups is 4. The van der Waals surface area contributed by atoms with E-state index in [1.807, 2.05) is 34.6 Å². The molecule has 0 fully saturated rings. The van der Waals surface area contributed by atoms with Crippen molar-refractivity contribution in [3.05, 3.63) is 35.4 Å². The van der Waals surface area contributed by atoms with Gasteiger partial charge >= 0.3 is 12.1 Å². The first-order valence-electron chi connectivity index (χ1n) is 13.9. The maximum atomic E-state index is 14.5. The number of carbonyl (C=O) groups excluding carboxylic acids is 4. The van der Waals surface area contributed by atoms with Crippen molar-refractivity contribution in [2.75, 3.05) is 13.2 Å². The van der Waals surface area contributed by atoms with E-state index in [-0.39, 0.29) is 25.5 Å². The molecule has 1 aromatic carbocycles. The number of esters is 1. The first-order valence-corrected chi connectivity index (χ1v) is 13.9. The fraction of sp³-hybridized carbons (Fsp3) is 0.613. The van der Waals surface area contributed by atoms with Crippen LogP contribution in [0, 0.1) is 18.3 Å². The minimum atomic E-state index is -1.14. The summed E-state index contributed by atoms with van der Waals surface area (Å²) in [5.41, 5.74) is -0.669. The molecule has 0 spiro atoms. The predicted molar refractivity (Wildman–Crippen MR) is 155 cm³/mol. The van der Waals surface area contributed by atoms with Gasteiger partial charge in [0.2, 0.25) is 11.8 Å². The van der Waals surface area contributed by atoms with Crippen LogP contribution in [0.3, 0.4) is 0 Å². The molecule has 0 aliphatic rings. The number of ether oxygens (including phenoxy) is 2. The monoisotopic (exact) mass is 557 g/mol. The Morgan fingerprint density at radius 1 is 1.05 bits per heavy atom. The van der Waals surface area contributed by atoms with Gasteiger partial charge in [-0.2, -0.15) is 0 Å². The van der Waals surface area contributed by atoms with Crippen molar-refractivity contribution in [2.24, 2.45) is 5.92 Å². The van der Waals surface area contributed by atoms with E-state index in [1.165, 1.54) is 4.90 Å². The Balaban J connectivity index is 3.68. The maximum absolute atomic E-state index is 14.5. The summed E-state index contributed by atoms with van der Waals surface area (Å²) in [5, 5.41) is 5.55. The molecule has 0 bridgehead atoms. The van der Waals surface area contributed by atoms with Crippen LogP contribution in [0.15, 0.2) is 24.3 Å². The van der Waals surface area contributed by atoms with Crippen molar-refractivity contribution in [1.82, 2.24) is 15.5 Å². The van der Waals surface area contributed by atoms with E-state index in [2.05, 4.69) is 16.6 Å². The fourth-order valence-electron chi connectivity index (χ4n) is 4.09. The van der Waals surface area contributed by atoms with E-state index in [1.54, 1.807) is 52.0 Å². The number of hydrogen-bond acceptors (Lipinski definition) is 6. The van der Waals surface area contributed by atoms with Crippen LogP contribution < -0.4 is 10.6 Å². The molecule has 0 aromatic heterocycles. The summed E-state index contributed by atoms with van der Waals surface area (Å²) < 4.78 is 10.4. The van der Waals surface area contributed by atoms with Crippen LogP contribution in [0.25, 0.3) is 0 Å². The molecule has 2 N–H and O–H groups in total. The lowest BCUT2D eigenvalue weighted by molar-refractivity contribution is -0.150. The van der Waals surface area contributed by atoms with Gasteiger partial charge < -0.3 is 25.0 Å². The number of rotatable bonds is 13. The number of terminal acetylenes is 1. The van der Waals surface area contributed by atoms with Crippen LogP contribution in [0.1, 0.15) is 98.7 Å². The highest BCUT2D eigenvalue weighted by Gasteiger charge is 2.44. The Hall–Kier alpha value is -3.54. The molecule has 3 amide bonds. The summed E-state index contributed by atoms with van der Waals surface area (Å²) in [6.45, 7) is 16.6. The third kappa shape index (κ3) is 9.89. The summed E-state index contributed by atoms with van der Waals surface area (Å²) in [4.78, 5) is 54.6. The molecule has 1 aromatic rings. The van der Waals surface area contributed by atoms with Gasteiger partial charge in [0.25, 0.3) is 0 Å². The van der Waals surface area contributed by atoms with Crippen LogP contribution in [0.4, 0.5) is 4.79 Å². The number of nitrogens with one attached hydrogen (secondary N) is 2. The normalized spacial score (nSPS) is 13.7. The SMILES string of the molecule is C#Cc1ccccc1C(C(=O)NCCC(=O)OCC)N(C(=O)C(NC(=O)OC(C)(C)C)C(C)CC)C(C)(C)CC. The number of alkyl carbamates (subject to hydrolysis) is 1. The highest BCUT2D eigenvalue weighted by atomic mass is 16.6. The minimum Gasteiger partial charge on any atom is -0.466 e. The van der Waals surface area contributed by atoms with Gasteiger partial charge in [0.15, 0.2) is 0 Å². The standard InChI is InChI=1S/C31H47N3O6/c1-11-21(5)25(33-29(38)40-30(6,7)8)28(37)34(31(9,10)13-3)26(23-18-16-15-17-22(23)12-2)27(36)32-20-19-24(35)39-14-4/h2,15-18,21,25-26H,11,13-14,19-20H2,1,3-10H3,(H,32,36)(H,33,38). The van der Waals surface area contributed by atoms with Crippen molar-refractivity contribution < 1.29 is 28.7 Å². The van der Waals surface area contributed by atoms with E-state index < -0.39 is 47.1 Å². The molecule has 40 heavy (non-hydrogen) atoms. The molecule has 9 heteroatoms. The van der Waals surface area contributed by atoms with E-state index in [4.69, 9.17) is 15.9 Å². The second-order valence-electron chi connectivity index (χ2n) is 11.4. The number of hydrogen-bond donors (Lipinski definition) is 2. The lowest BCUT2D eigenvalue weighted by Gasteiger charge is -2.45. The van der Waals surface area contributed by atoms with Gasteiger partial charge in [0.05, 0.1) is 13.0 Å². The van der Waals surface area contributed by atoms with Crippen molar-refractivity contribution in [3.8, 4) is 12.3 Å². The molecule has 0 saturated heterocycles. The summed E-state index contributed by atoms with van der Waals surface area (Å²) >= 11 is 0. The molecule has 0 aliphatic carbocycles. The Bertz CT molecular complexity index is 1070. The van der Waals surface area contributed by atoms with Crippen molar-refractivity contribution in [1.29, 1.82) is 0 Å². The Morgan fingerprint density at radius 2 is 1.68 bits per heavy atom. The third-order valence-electron chi connectivity index (χ3n) is 6.76. The largest absolute Gasteiger partial charge is 0.466 e. The van der Waals surface area contributed by atoms with Crippen LogP contribution in [0.2, 0.25) is 0 Å². The van der Waals surface area contributed by atoms with Gasteiger partial charge in [-0.1, -0.05) is 51.3 Å². The zero-order valence-corrected chi connectivity index (χ0v) is 25.6. The zero-order valence-electron chi connectivity index (χ0n) is 25.6. The van der Waals surface area contributed by atoms with Gasteiger partial charge in [-0.3, -0.25) is 14.4 Å². The van der Waals surface area contributed by atoms with Crippen molar-refractivity contribution >= 4 is 23.9 Å². The molecule has 222 valence electrons. The van der Waals surface area contributed by atoms with E-state index >= 15 is 0 Å². The average molecular weight is 558 g/mol. The molecule has 0 aliphatic heterocycles. The lowest BCUT2D eigenvalue weighted by Crippen LogP contribution is -2.60. The molecular formula is C31H47N3O6. The highest BCUT2D eigenvalue weighted by molar-refractivity contribution is 5.93. The van der Waals surface area contributed by atoms with Gasteiger partial charge in [-0.15, -0.1) is 6.42 Å². The topological polar surface area (TPSA) is 114 Å². The van der Waals surface area contributed by atoms with Crippen LogP contribution >= 0.6 is 0 Å². The summed E-state index contributed by atoms with van der Waals surface area (Å²) in [7, 11) is 0. The first kappa shape index (κ1) is 34.5. The Labute approximate surface area is 239 Å². The molecule has 3 unspecified atom stereocenters. The van der Waals surface area contributed by atoms with Gasteiger partial charge in [-0.05, 0) is 65.5 Å². The fourth-order valence-corrected chi connectivity index (χ4v) is 4.09. The zero-order chi connectivity index (χ0) is 30.7. The first-order chi connectivity index (χ1) is 18.6. The molecule has 9 nitrogen and oxygen atoms in total. The molecule has 0 radical (unpaired) electrons. The summed E-state index contributed by atoms with van der Waals surface area (Å²) in [6, 6.07) is 4.83. The minimum absolute atomic E-state index is 0.0198. The lowest BCUT2D eigenvalue weighted by atomic mass is 9.88. The number of benzene rings is 1. The van der Waals surface area contributed by atoms with Gasteiger partial charge in [0, 0.05) is 17.6 Å². The molecule has 1 rings (SSSR count).